The number of benzene rings is 1. The monoisotopic (exact) mass is 331 g/mol. The Hall–Kier alpha value is -2.24. The van der Waals surface area contributed by atoms with Crippen LogP contribution in [0.4, 0.5) is 10.8 Å². The van der Waals surface area contributed by atoms with E-state index in [1.807, 2.05) is 45.0 Å². The van der Waals surface area contributed by atoms with Crippen molar-refractivity contribution in [3.63, 3.8) is 0 Å². The van der Waals surface area contributed by atoms with E-state index < -0.39 is 5.60 Å². The number of para-hydroxylation sites is 2. The second-order valence-electron chi connectivity index (χ2n) is 7.26. The maximum atomic E-state index is 12.4. The van der Waals surface area contributed by atoms with E-state index in [1.54, 1.807) is 4.90 Å². The lowest BCUT2D eigenvalue weighted by Crippen LogP contribution is -2.43. The Bertz CT molecular complexity index is 687. The number of fused-ring (bicyclic) bond motifs is 1. The average molecular weight is 331 g/mol. The van der Waals surface area contributed by atoms with Crippen molar-refractivity contribution in [3.8, 4) is 0 Å². The zero-order valence-corrected chi connectivity index (χ0v) is 14.8. The highest BCUT2D eigenvalue weighted by Crippen LogP contribution is 2.24. The van der Waals surface area contributed by atoms with Crippen LogP contribution >= 0.6 is 0 Å². The molecule has 1 amide bonds. The smallest absolute Gasteiger partial charge is 0.410 e. The van der Waals surface area contributed by atoms with Crippen molar-refractivity contribution in [1.29, 1.82) is 0 Å². The molecule has 1 fully saturated rings. The van der Waals surface area contributed by atoms with Crippen LogP contribution in [0.1, 0.15) is 34.1 Å². The Morgan fingerprint density at radius 2 is 2.00 bits per heavy atom. The van der Waals surface area contributed by atoms with Gasteiger partial charge in [0.05, 0.1) is 0 Å². The van der Waals surface area contributed by atoms with Gasteiger partial charge in [-0.05, 0) is 46.2 Å². The van der Waals surface area contributed by atoms with Crippen LogP contribution in [-0.2, 0) is 4.74 Å². The van der Waals surface area contributed by atoms with Crippen molar-refractivity contribution in [2.75, 3.05) is 24.5 Å². The van der Waals surface area contributed by atoms with Gasteiger partial charge in [-0.15, -0.1) is 0 Å². The molecule has 0 N–H and O–H groups in total. The Balaban J connectivity index is 1.72. The van der Waals surface area contributed by atoms with Crippen molar-refractivity contribution in [1.82, 2.24) is 9.88 Å². The highest BCUT2D eigenvalue weighted by atomic mass is 16.6. The molecule has 1 atom stereocenters. The third-order valence-electron chi connectivity index (χ3n) is 4.14. The molecular weight excluding hydrogens is 306 g/mol. The highest BCUT2D eigenvalue weighted by molar-refractivity contribution is 5.74. The van der Waals surface area contributed by atoms with E-state index in [0.717, 1.165) is 24.1 Å². The number of nitrogens with zero attached hydrogens (tertiary/aromatic N) is 3. The van der Waals surface area contributed by atoms with Crippen molar-refractivity contribution < 1.29 is 13.9 Å². The molecule has 0 aliphatic carbocycles. The molecule has 2 heterocycles. The molecule has 1 aromatic heterocycles. The Morgan fingerprint density at radius 3 is 2.71 bits per heavy atom. The first-order chi connectivity index (χ1) is 11.3. The summed E-state index contributed by atoms with van der Waals surface area (Å²) in [7, 11) is 0. The van der Waals surface area contributed by atoms with Gasteiger partial charge in [-0.25, -0.2) is 4.79 Å². The molecule has 1 aromatic carbocycles. The van der Waals surface area contributed by atoms with Crippen LogP contribution in [0.25, 0.3) is 11.1 Å². The maximum absolute atomic E-state index is 12.4. The van der Waals surface area contributed by atoms with Gasteiger partial charge in [-0.1, -0.05) is 12.1 Å². The second kappa shape index (κ2) is 6.34. The lowest BCUT2D eigenvalue weighted by molar-refractivity contribution is 0.0191. The SMILES string of the molecule is C[C@@H]1CCN(c2nc3ccccc3o2)CCN1C(=O)OC(C)(C)C. The maximum Gasteiger partial charge on any atom is 0.410 e. The van der Waals surface area contributed by atoms with Gasteiger partial charge < -0.3 is 19.0 Å². The molecule has 0 unspecified atom stereocenters. The zero-order chi connectivity index (χ0) is 17.3. The molecule has 6 nitrogen and oxygen atoms in total. The van der Waals surface area contributed by atoms with Gasteiger partial charge in [0.25, 0.3) is 6.01 Å². The molecular formula is C18H25N3O3. The summed E-state index contributed by atoms with van der Waals surface area (Å²) in [5.41, 5.74) is 1.16. The summed E-state index contributed by atoms with van der Waals surface area (Å²) in [5.74, 6) is 0. The highest BCUT2D eigenvalue weighted by Gasteiger charge is 2.29. The molecule has 0 saturated carbocycles. The molecule has 6 heteroatoms. The number of aromatic nitrogens is 1. The number of carbonyl (C=O) groups excluding carboxylic acids is 1. The number of ether oxygens (including phenoxy) is 1. The largest absolute Gasteiger partial charge is 0.444 e. The molecule has 0 bridgehead atoms. The van der Waals surface area contributed by atoms with E-state index in [4.69, 9.17) is 9.15 Å². The first kappa shape index (κ1) is 16.6. The summed E-state index contributed by atoms with van der Waals surface area (Å²) in [4.78, 5) is 20.9. The van der Waals surface area contributed by atoms with Gasteiger partial charge in [-0.2, -0.15) is 4.98 Å². The molecule has 0 spiro atoms. The normalized spacial score (nSPS) is 19.4. The van der Waals surface area contributed by atoms with E-state index in [2.05, 4.69) is 16.8 Å². The summed E-state index contributed by atoms with van der Waals surface area (Å²) in [5, 5.41) is 0. The van der Waals surface area contributed by atoms with Crippen LogP contribution in [0, 0.1) is 0 Å². The van der Waals surface area contributed by atoms with Gasteiger partial charge in [-0.3, -0.25) is 0 Å². The lowest BCUT2D eigenvalue weighted by Gasteiger charge is -2.30. The number of hydrogen-bond acceptors (Lipinski definition) is 5. The third-order valence-corrected chi connectivity index (χ3v) is 4.14. The van der Waals surface area contributed by atoms with Crippen molar-refractivity contribution >= 4 is 23.2 Å². The fourth-order valence-corrected chi connectivity index (χ4v) is 2.84. The fraction of sp³-hybridized carbons (Fsp3) is 0.556. The van der Waals surface area contributed by atoms with Crippen molar-refractivity contribution in [2.24, 2.45) is 0 Å². The summed E-state index contributed by atoms with van der Waals surface area (Å²) in [6.07, 6.45) is 0.590. The minimum absolute atomic E-state index is 0.120. The summed E-state index contributed by atoms with van der Waals surface area (Å²) < 4.78 is 11.4. The minimum atomic E-state index is -0.483. The number of rotatable bonds is 1. The van der Waals surface area contributed by atoms with Crippen molar-refractivity contribution in [2.45, 2.75) is 45.8 Å². The van der Waals surface area contributed by atoms with Crippen LogP contribution < -0.4 is 4.90 Å². The Morgan fingerprint density at radius 1 is 1.25 bits per heavy atom. The average Bonchev–Trinajstić information content (AvgIpc) is 2.82. The third kappa shape index (κ3) is 3.63. The molecule has 0 radical (unpaired) electrons. The van der Waals surface area contributed by atoms with Gasteiger partial charge in [0.2, 0.25) is 0 Å². The number of carbonyl (C=O) groups is 1. The predicted molar refractivity (Wildman–Crippen MR) is 93.2 cm³/mol. The van der Waals surface area contributed by atoms with E-state index in [9.17, 15) is 4.79 Å². The molecule has 1 saturated heterocycles. The van der Waals surface area contributed by atoms with Crippen molar-refractivity contribution in [3.05, 3.63) is 24.3 Å². The molecule has 2 aromatic rings. The summed E-state index contributed by atoms with van der Waals surface area (Å²) in [6, 6.07) is 8.48. The van der Waals surface area contributed by atoms with E-state index in [-0.39, 0.29) is 12.1 Å². The van der Waals surface area contributed by atoms with E-state index in [1.165, 1.54) is 0 Å². The van der Waals surface area contributed by atoms with Crippen LogP contribution in [0.3, 0.4) is 0 Å². The first-order valence-corrected chi connectivity index (χ1v) is 8.43. The van der Waals surface area contributed by atoms with E-state index >= 15 is 0 Å². The number of hydrogen-bond donors (Lipinski definition) is 0. The quantitative estimate of drug-likeness (QED) is 0.798. The van der Waals surface area contributed by atoms with Crippen LogP contribution in [0.5, 0.6) is 0 Å². The molecule has 1 aliphatic heterocycles. The zero-order valence-electron chi connectivity index (χ0n) is 14.8. The van der Waals surface area contributed by atoms with Gasteiger partial charge in [0, 0.05) is 25.7 Å². The molecule has 24 heavy (non-hydrogen) atoms. The standard InChI is InChI=1S/C18H25N3O3/c1-13-9-10-20(11-12-21(13)17(22)24-18(2,3)4)16-19-14-7-5-6-8-15(14)23-16/h5-8,13H,9-12H2,1-4H3/t13-/m1/s1. The van der Waals surface area contributed by atoms with Gasteiger partial charge in [0.1, 0.15) is 11.1 Å². The Kier molecular flexibility index (Phi) is 4.39. The minimum Gasteiger partial charge on any atom is -0.444 e. The summed E-state index contributed by atoms with van der Waals surface area (Å²) in [6.45, 7) is 9.78. The molecule has 130 valence electrons. The number of anilines is 1. The second-order valence-corrected chi connectivity index (χ2v) is 7.26. The van der Waals surface area contributed by atoms with E-state index in [0.29, 0.717) is 19.1 Å². The molecule has 1 aliphatic rings. The first-order valence-electron chi connectivity index (χ1n) is 8.43. The predicted octanol–water partition coefficient (Wildman–Crippen LogP) is 3.66. The van der Waals surface area contributed by atoms with Gasteiger partial charge >= 0.3 is 6.09 Å². The van der Waals surface area contributed by atoms with Crippen LogP contribution in [0.15, 0.2) is 28.7 Å². The van der Waals surface area contributed by atoms with Crippen LogP contribution in [-0.4, -0.2) is 47.3 Å². The number of amides is 1. The van der Waals surface area contributed by atoms with Gasteiger partial charge in [0.15, 0.2) is 5.58 Å². The molecule has 3 rings (SSSR count). The Labute approximate surface area is 142 Å². The fourth-order valence-electron chi connectivity index (χ4n) is 2.84. The topological polar surface area (TPSA) is 58.8 Å². The lowest BCUT2D eigenvalue weighted by atomic mass is 10.2. The number of oxazole rings is 1. The summed E-state index contributed by atoms with van der Waals surface area (Å²) >= 11 is 0. The van der Waals surface area contributed by atoms with Crippen LogP contribution in [0.2, 0.25) is 0 Å².